The van der Waals surface area contributed by atoms with Crippen LogP contribution in [0.2, 0.25) is 0 Å². The lowest BCUT2D eigenvalue weighted by molar-refractivity contribution is 0.0802. The Balaban J connectivity index is 1.97. The summed E-state index contributed by atoms with van der Waals surface area (Å²) in [5, 5.41) is 24.3. The van der Waals surface area contributed by atoms with Gasteiger partial charge in [0.05, 0.1) is 28.8 Å². The maximum Gasteiger partial charge on any atom is 0.254 e. The number of amides is 1. The van der Waals surface area contributed by atoms with Crippen molar-refractivity contribution in [2.45, 2.75) is 25.4 Å². The molecule has 1 aliphatic carbocycles. The monoisotopic (exact) mass is 504 g/mol. The number of anilines is 2. The Kier molecular flexibility index (Phi) is 6.45. The van der Waals surface area contributed by atoms with E-state index in [1.807, 2.05) is 22.6 Å². The van der Waals surface area contributed by atoms with E-state index in [4.69, 9.17) is 5.11 Å². The second-order valence-corrected chi connectivity index (χ2v) is 8.45. The number of hydrogen-bond acceptors (Lipinski definition) is 6. The summed E-state index contributed by atoms with van der Waals surface area (Å²) in [5.41, 5.74) is 1.16. The number of ketones is 1. The minimum absolute atomic E-state index is 0.0261. The average molecular weight is 504 g/mol. The SMILES string of the molecule is O=C1CCCc2c1sc(Nc1ccc(I)cc1F)c2C(=O)NCC(O)CO. The first-order valence-corrected chi connectivity index (χ1v) is 10.3. The number of Topliss-reactive ketones (excluding diaryl/α,β-unsaturated/α-hetero) is 1. The van der Waals surface area contributed by atoms with E-state index in [2.05, 4.69) is 10.6 Å². The van der Waals surface area contributed by atoms with E-state index in [1.165, 1.54) is 6.07 Å². The minimum Gasteiger partial charge on any atom is -0.394 e. The molecule has 27 heavy (non-hydrogen) atoms. The third kappa shape index (κ3) is 4.48. The standard InChI is InChI=1S/C18H18FIN2O4S/c19-12-6-9(20)4-5-13(12)22-18-15(17(26)21-7-10(24)8-23)11-2-1-3-14(25)16(11)27-18/h4-6,10,22-24H,1-3,7-8H2,(H,21,26). The summed E-state index contributed by atoms with van der Waals surface area (Å²) < 4.78 is 15.0. The van der Waals surface area contributed by atoms with Gasteiger partial charge in [0.25, 0.3) is 5.91 Å². The number of benzene rings is 1. The predicted molar refractivity (Wildman–Crippen MR) is 109 cm³/mol. The lowest BCUT2D eigenvalue weighted by atomic mass is 9.94. The van der Waals surface area contributed by atoms with Gasteiger partial charge < -0.3 is 20.8 Å². The lowest BCUT2D eigenvalue weighted by Gasteiger charge is -2.14. The van der Waals surface area contributed by atoms with Crippen molar-refractivity contribution in [3.05, 3.63) is 43.6 Å². The highest BCUT2D eigenvalue weighted by Crippen LogP contribution is 2.40. The molecule has 1 amide bonds. The number of carbonyl (C=O) groups is 2. The van der Waals surface area contributed by atoms with Gasteiger partial charge in [-0.05, 0) is 59.2 Å². The Morgan fingerprint density at radius 2 is 2.15 bits per heavy atom. The van der Waals surface area contributed by atoms with E-state index in [-0.39, 0.29) is 18.0 Å². The Morgan fingerprint density at radius 1 is 1.37 bits per heavy atom. The number of thiophene rings is 1. The summed E-state index contributed by atoms with van der Waals surface area (Å²) in [6.45, 7) is -0.593. The van der Waals surface area contributed by atoms with Gasteiger partial charge in [0.2, 0.25) is 0 Å². The zero-order chi connectivity index (χ0) is 19.6. The van der Waals surface area contributed by atoms with Crippen LogP contribution in [-0.2, 0) is 6.42 Å². The van der Waals surface area contributed by atoms with Crippen LogP contribution in [0.25, 0.3) is 0 Å². The van der Waals surface area contributed by atoms with Crippen molar-refractivity contribution >= 4 is 56.3 Å². The average Bonchev–Trinajstić information content (AvgIpc) is 3.01. The molecule has 2 aromatic rings. The molecule has 0 bridgehead atoms. The van der Waals surface area contributed by atoms with Crippen LogP contribution in [0, 0.1) is 9.39 Å². The highest BCUT2D eigenvalue weighted by Gasteiger charge is 2.30. The highest BCUT2D eigenvalue weighted by molar-refractivity contribution is 14.1. The summed E-state index contributed by atoms with van der Waals surface area (Å²) >= 11 is 3.15. The molecule has 1 aromatic carbocycles. The number of aliphatic hydroxyl groups is 2. The third-order valence-corrected chi connectivity index (χ3v) is 6.07. The molecule has 3 rings (SSSR count). The maximum absolute atomic E-state index is 14.2. The van der Waals surface area contributed by atoms with Gasteiger partial charge >= 0.3 is 0 Å². The molecule has 6 nitrogen and oxygen atoms in total. The zero-order valence-corrected chi connectivity index (χ0v) is 17.2. The molecular weight excluding hydrogens is 486 g/mol. The van der Waals surface area contributed by atoms with Gasteiger partial charge in [-0.15, -0.1) is 11.3 Å². The first-order valence-electron chi connectivity index (χ1n) is 8.38. The van der Waals surface area contributed by atoms with Crippen LogP contribution in [0.4, 0.5) is 15.1 Å². The Labute approximate surface area is 172 Å². The molecule has 1 unspecified atom stereocenters. The van der Waals surface area contributed by atoms with E-state index in [0.717, 1.165) is 14.9 Å². The number of rotatable bonds is 6. The number of carbonyl (C=O) groups excluding carboxylic acids is 2. The molecule has 0 saturated heterocycles. The quantitative estimate of drug-likeness (QED) is 0.454. The molecule has 1 aromatic heterocycles. The largest absolute Gasteiger partial charge is 0.394 e. The van der Waals surface area contributed by atoms with Crippen molar-refractivity contribution in [3.63, 3.8) is 0 Å². The second kappa shape index (κ2) is 8.63. The molecule has 0 aliphatic heterocycles. The zero-order valence-electron chi connectivity index (χ0n) is 14.2. The molecule has 0 fully saturated rings. The topological polar surface area (TPSA) is 98.7 Å². The van der Waals surface area contributed by atoms with Gasteiger partial charge in [-0.1, -0.05) is 0 Å². The fourth-order valence-electron chi connectivity index (χ4n) is 2.87. The minimum atomic E-state index is -1.07. The van der Waals surface area contributed by atoms with Crippen molar-refractivity contribution < 1.29 is 24.2 Å². The summed E-state index contributed by atoms with van der Waals surface area (Å²) in [6.07, 6.45) is 0.587. The number of fused-ring (bicyclic) bond motifs is 1. The molecule has 4 N–H and O–H groups in total. The summed E-state index contributed by atoms with van der Waals surface area (Å²) in [4.78, 5) is 25.5. The van der Waals surface area contributed by atoms with E-state index in [9.17, 15) is 19.1 Å². The van der Waals surface area contributed by atoms with Crippen LogP contribution in [-0.4, -0.2) is 41.2 Å². The Hall–Kier alpha value is -1.56. The van der Waals surface area contributed by atoms with Gasteiger partial charge in [0, 0.05) is 16.5 Å². The predicted octanol–water partition coefficient (Wildman–Crippen LogP) is 2.84. The highest BCUT2D eigenvalue weighted by atomic mass is 127. The van der Waals surface area contributed by atoms with Crippen LogP contribution in [0.15, 0.2) is 18.2 Å². The number of nitrogens with one attached hydrogen (secondary N) is 2. The second-order valence-electron chi connectivity index (χ2n) is 6.19. The summed E-state index contributed by atoms with van der Waals surface area (Å²) in [6, 6.07) is 4.69. The third-order valence-electron chi connectivity index (χ3n) is 4.21. The fourth-order valence-corrected chi connectivity index (χ4v) is 4.55. The van der Waals surface area contributed by atoms with Gasteiger partial charge in [-0.3, -0.25) is 9.59 Å². The van der Waals surface area contributed by atoms with E-state index in [0.29, 0.717) is 40.3 Å². The molecule has 1 atom stereocenters. The molecule has 0 radical (unpaired) electrons. The lowest BCUT2D eigenvalue weighted by Crippen LogP contribution is -2.34. The smallest absolute Gasteiger partial charge is 0.254 e. The maximum atomic E-state index is 14.2. The summed E-state index contributed by atoms with van der Waals surface area (Å²) in [5.74, 6) is -0.952. The van der Waals surface area contributed by atoms with Gasteiger partial charge in [0.1, 0.15) is 10.8 Å². The Morgan fingerprint density at radius 3 is 2.85 bits per heavy atom. The molecule has 9 heteroatoms. The molecule has 1 heterocycles. The fraction of sp³-hybridized carbons (Fsp3) is 0.333. The normalized spacial score (nSPS) is 14.6. The first kappa shape index (κ1) is 20.2. The summed E-state index contributed by atoms with van der Waals surface area (Å²) in [7, 11) is 0. The molecular formula is C18H18FIN2O4S. The van der Waals surface area contributed by atoms with Crippen LogP contribution in [0.3, 0.4) is 0 Å². The van der Waals surface area contributed by atoms with Crippen LogP contribution >= 0.6 is 33.9 Å². The van der Waals surface area contributed by atoms with Crippen LogP contribution in [0.5, 0.6) is 0 Å². The van der Waals surface area contributed by atoms with Crippen molar-refractivity contribution in [3.8, 4) is 0 Å². The van der Waals surface area contributed by atoms with E-state index < -0.39 is 24.4 Å². The molecule has 1 aliphatic rings. The van der Waals surface area contributed by atoms with Crippen molar-refractivity contribution in [1.82, 2.24) is 5.32 Å². The number of halogens is 2. The van der Waals surface area contributed by atoms with E-state index >= 15 is 0 Å². The molecule has 0 spiro atoms. The van der Waals surface area contributed by atoms with Gasteiger partial charge in [-0.2, -0.15) is 0 Å². The van der Waals surface area contributed by atoms with Gasteiger partial charge in [0.15, 0.2) is 5.78 Å². The first-order chi connectivity index (χ1) is 12.9. The van der Waals surface area contributed by atoms with Gasteiger partial charge in [-0.25, -0.2) is 4.39 Å². The van der Waals surface area contributed by atoms with E-state index in [1.54, 1.807) is 12.1 Å². The number of hydrogen-bond donors (Lipinski definition) is 4. The Bertz CT molecular complexity index is 886. The van der Waals surface area contributed by atoms with Crippen LogP contribution in [0.1, 0.15) is 38.4 Å². The van der Waals surface area contributed by atoms with Crippen LogP contribution < -0.4 is 10.6 Å². The van der Waals surface area contributed by atoms with Crippen molar-refractivity contribution in [2.24, 2.45) is 0 Å². The molecule has 0 saturated carbocycles. The van der Waals surface area contributed by atoms with Crippen molar-refractivity contribution in [1.29, 1.82) is 0 Å². The number of aliphatic hydroxyl groups excluding tert-OH is 2. The molecule has 144 valence electrons. The van der Waals surface area contributed by atoms with Crippen molar-refractivity contribution in [2.75, 3.05) is 18.5 Å².